The van der Waals surface area contributed by atoms with E-state index < -0.39 is 17.9 Å². The minimum atomic E-state index is -1.05. The van der Waals surface area contributed by atoms with Crippen LogP contribution in [0.1, 0.15) is 16.8 Å². The van der Waals surface area contributed by atoms with Gasteiger partial charge in [-0.05, 0) is 60.7 Å². The topological polar surface area (TPSA) is 91.0 Å². The number of hydrogen-bond donors (Lipinski definition) is 2. The van der Waals surface area contributed by atoms with Gasteiger partial charge in [-0.2, -0.15) is 0 Å². The highest BCUT2D eigenvalue weighted by Crippen LogP contribution is 2.25. The first-order chi connectivity index (χ1) is 16.5. The molecule has 1 atom stereocenters. The highest BCUT2D eigenvalue weighted by Gasteiger charge is 2.41. The molecule has 0 bridgehead atoms. The van der Waals surface area contributed by atoms with Crippen LogP contribution in [0.2, 0.25) is 0 Å². The molecule has 0 aliphatic carbocycles. The molecule has 0 saturated carbocycles. The van der Waals surface area contributed by atoms with E-state index >= 15 is 0 Å². The van der Waals surface area contributed by atoms with Gasteiger partial charge in [0.05, 0.1) is 19.2 Å². The molecule has 0 radical (unpaired) electrons. The van der Waals surface area contributed by atoms with Crippen molar-refractivity contribution in [2.45, 2.75) is 12.5 Å². The summed E-state index contributed by atoms with van der Waals surface area (Å²) in [5, 5.41) is 4.06. The number of nitrogens with zero attached hydrogens (tertiary/aromatic N) is 2. The number of thiocarbonyl (C=S) groups is 1. The molecule has 1 saturated heterocycles. The lowest BCUT2D eigenvalue weighted by atomic mass is 10.1. The number of nitrogens with one attached hydrogen (secondary N) is 2. The lowest BCUT2D eigenvalue weighted by molar-refractivity contribution is -0.127. The van der Waals surface area contributed by atoms with Gasteiger partial charge in [-0.3, -0.25) is 24.7 Å². The Hall–Kier alpha value is -4.24. The average Bonchev–Trinajstić information content (AvgIpc) is 2.87. The van der Waals surface area contributed by atoms with Crippen LogP contribution in [0.4, 0.5) is 11.4 Å². The van der Waals surface area contributed by atoms with Crippen molar-refractivity contribution in [3.63, 3.8) is 0 Å². The maximum atomic E-state index is 13.2. The van der Waals surface area contributed by atoms with Gasteiger partial charge in [0.1, 0.15) is 11.8 Å². The average molecular weight is 475 g/mol. The van der Waals surface area contributed by atoms with E-state index in [2.05, 4.69) is 10.7 Å². The number of ether oxygens (including phenoxy) is 1. The Balaban J connectivity index is 1.62. The zero-order chi connectivity index (χ0) is 24.1. The van der Waals surface area contributed by atoms with Crippen LogP contribution >= 0.6 is 12.2 Å². The molecule has 0 aromatic heterocycles. The molecule has 1 fully saturated rings. The highest BCUT2D eigenvalue weighted by atomic mass is 32.1. The Morgan fingerprint density at radius 3 is 2.18 bits per heavy atom. The number of carbonyl (C=O) groups is 3. The van der Waals surface area contributed by atoms with Gasteiger partial charge in [0, 0.05) is 11.3 Å². The summed E-state index contributed by atoms with van der Waals surface area (Å²) < 4.78 is 5.14. The van der Waals surface area contributed by atoms with Crippen LogP contribution in [0.15, 0.2) is 84.9 Å². The van der Waals surface area contributed by atoms with E-state index in [1.807, 2.05) is 6.07 Å². The Labute approximate surface area is 202 Å². The summed E-state index contributed by atoms with van der Waals surface area (Å²) in [4.78, 5) is 40.5. The van der Waals surface area contributed by atoms with Crippen LogP contribution in [0.25, 0.3) is 0 Å². The Morgan fingerprint density at radius 1 is 0.941 bits per heavy atom. The van der Waals surface area contributed by atoms with E-state index in [0.29, 0.717) is 22.7 Å². The van der Waals surface area contributed by atoms with Crippen molar-refractivity contribution >= 4 is 46.4 Å². The molecular formula is C25H22N4O4S. The maximum Gasteiger partial charge on any atom is 0.269 e. The number of carbonyl (C=O) groups excluding carboxylic acids is 3. The summed E-state index contributed by atoms with van der Waals surface area (Å²) in [7, 11) is 1.55. The quantitative estimate of drug-likeness (QED) is 0.533. The molecule has 34 heavy (non-hydrogen) atoms. The molecule has 3 amide bonds. The third kappa shape index (κ3) is 4.89. The van der Waals surface area contributed by atoms with Crippen LogP contribution in [0, 0.1) is 0 Å². The van der Waals surface area contributed by atoms with Crippen LogP contribution in [-0.2, 0) is 9.59 Å². The Bertz CT molecular complexity index is 1200. The van der Waals surface area contributed by atoms with Crippen molar-refractivity contribution in [1.29, 1.82) is 0 Å². The summed E-state index contributed by atoms with van der Waals surface area (Å²) in [6, 6.07) is 23.1. The normalized spacial score (nSPS) is 15.6. The first kappa shape index (κ1) is 22.9. The van der Waals surface area contributed by atoms with Gasteiger partial charge in [0.15, 0.2) is 0 Å². The van der Waals surface area contributed by atoms with E-state index in [9.17, 15) is 14.4 Å². The van der Waals surface area contributed by atoms with Crippen molar-refractivity contribution < 1.29 is 19.1 Å². The van der Waals surface area contributed by atoms with E-state index in [0.717, 1.165) is 0 Å². The fraction of sp³-hybridized carbons (Fsp3) is 0.120. The van der Waals surface area contributed by atoms with Crippen molar-refractivity contribution in [3.8, 4) is 5.75 Å². The number of hydrazine groups is 1. The first-order valence-electron chi connectivity index (χ1n) is 10.5. The molecule has 0 spiro atoms. The molecule has 3 aromatic carbocycles. The molecule has 172 valence electrons. The second-order valence-corrected chi connectivity index (χ2v) is 7.83. The SMILES string of the molecule is COc1ccc(NC(=O)C2CC(=O)N(c3ccccc3)C(=S)N2NC(=O)c2ccccc2)cc1. The number of amides is 3. The summed E-state index contributed by atoms with van der Waals surface area (Å²) in [6.45, 7) is 0. The smallest absolute Gasteiger partial charge is 0.269 e. The molecule has 1 heterocycles. The van der Waals surface area contributed by atoms with Gasteiger partial charge in [-0.15, -0.1) is 0 Å². The molecule has 1 unspecified atom stereocenters. The van der Waals surface area contributed by atoms with Crippen LogP contribution in [-0.4, -0.2) is 41.0 Å². The summed E-state index contributed by atoms with van der Waals surface area (Å²) in [5.74, 6) is -0.645. The molecular weight excluding hydrogens is 452 g/mol. The van der Waals surface area contributed by atoms with Gasteiger partial charge < -0.3 is 10.1 Å². The van der Waals surface area contributed by atoms with E-state index in [4.69, 9.17) is 17.0 Å². The van der Waals surface area contributed by atoms with E-state index in [1.165, 1.54) is 9.91 Å². The highest BCUT2D eigenvalue weighted by molar-refractivity contribution is 7.80. The van der Waals surface area contributed by atoms with E-state index in [-0.39, 0.29) is 17.4 Å². The monoisotopic (exact) mass is 474 g/mol. The number of hydrogen-bond acceptors (Lipinski definition) is 5. The molecule has 4 rings (SSSR count). The third-order valence-corrected chi connectivity index (χ3v) is 5.64. The standard InChI is InChI=1S/C25H22N4O4S/c1-33-20-14-12-18(13-15-20)26-24(32)21-16-22(30)28(19-10-6-3-7-11-19)25(34)29(21)27-23(31)17-8-4-2-5-9-17/h2-15,21H,16H2,1H3,(H,26,32)(H,27,31). The van der Waals surface area contributed by atoms with Crippen molar-refractivity contribution in [1.82, 2.24) is 10.4 Å². The molecule has 1 aliphatic heterocycles. The first-order valence-corrected chi connectivity index (χ1v) is 10.9. The van der Waals surface area contributed by atoms with Gasteiger partial charge >= 0.3 is 0 Å². The van der Waals surface area contributed by atoms with Gasteiger partial charge in [-0.25, -0.2) is 5.01 Å². The Kier molecular flexibility index (Phi) is 6.84. The fourth-order valence-corrected chi connectivity index (χ4v) is 3.91. The van der Waals surface area contributed by atoms with Gasteiger partial charge in [0.25, 0.3) is 5.91 Å². The van der Waals surface area contributed by atoms with Crippen molar-refractivity contribution in [2.75, 3.05) is 17.3 Å². The summed E-state index contributed by atoms with van der Waals surface area (Å²) >= 11 is 5.59. The molecule has 2 N–H and O–H groups in total. The predicted molar refractivity (Wildman–Crippen MR) is 132 cm³/mol. The third-order valence-electron chi connectivity index (χ3n) is 5.26. The van der Waals surface area contributed by atoms with Crippen LogP contribution < -0.4 is 20.4 Å². The maximum absolute atomic E-state index is 13.2. The van der Waals surface area contributed by atoms with Crippen molar-refractivity contribution in [2.24, 2.45) is 0 Å². The minimum Gasteiger partial charge on any atom is -0.497 e. The lowest BCUT2D eigenvalue weighted by Crippen LogP contribution is -2.65. The van der Waals surface area contributed by atoms with Gasteiger partial charge in [0.2, 0.25) is 16.9 Å². The second kappa shape index (κ2) is 10.1. The van der Waals surface area contributed by atoms with Gasteiger partial charge in [-0.1, -0.05) is 36.4 Å². The van der Waals surface area contributed by atoms with E-state index in [1.54, 1.807) is 86.0 Å². The van der Waals surface area contributed by atoms with Crippen molar-refractivity contribution in [3.05, 3.63) is 90.5 Å². The molecule has 8 nitrogen and oxygen atoms in total. The van der Waals surface area contributed by atoms with Crippen LogP contribution in [0.5, 0.6) is 5.75 Å². The summed E-state index contributed by atoms with van der Waals surface area (Å²) in [6.07, 6.45) is -0.188. The largest absolute Gasteiger partial charge is 0.497 e. The number of methoxy groups -OCH3 is 1. The van der Waals surface area contributed by atoms with Crippen LogP contribution in [0.3, 0.4) is 0 Å². The Morgan fingerprint density at radius 2 is 1.56 bits per heavy atom. The molecule has 1 aliphatic rings. The fourth-order valence-electron chi connectivity index (χ4n) is 3.53. The number of benzene rings is 3. The minimum absolute atomic E-state index is 0.00149. The molecule has 9 heteroatoms. The zero-order valence-electron chi connectivity index (χ0n) is 18.3. The zero-order valence-corrected chi connectivity index (χ0v) is 19.1. The number of rotatable bonds is 6. The lowest BCUT2D eigenvalue weighted by Gasteiger charge is -2.41. The molecule has 3 aromatic rings. The number of anilines is 2. The number of para-hydroxylation sites is 1. The predicted octanol–water partition coefficient (Wildman–Crippen LogP) is 3.37. The second-order valence-electron chi connectivity index (χ2n) is 7.46. The summed E-state index contributed by atoms with van der Waals surface area (Å²) in [5.41, 5.74) is 4.17.